The molecule has 3 saturated carbocycles. The van der Waals surface area contributed by atoms with Crippen LogP contribution in [0.15, 0.2) is 61.3 Å². The summed E-state index contributed by atoms with van der Waals surface area (Å²) in [5, 5.41) is 12.0. The van der Waals surface area contributed by atoms with Gasteiger partial charge in [-0.05, 0) is 63.0 Å². The number of benzene rings is 2. The van der Waals surface area contributed by atoms with Crippen LogP contribution in [-0.2, 0) is 11.8 Å². The van der Waals surface area contributed by atoms with Crippen LogP contribution in [0.2, 0.25) is 0 Å². The van der Waals surface area contributed by atoms with Crippen LogP contribution in [0.3, 0.4) is 0 Å². The van der Waals surface area contributed by atoms with Crippen molar-refractivity contribution >= 4 is 39.8 Å². The zero-order chi connectivity index (χ0) is 28.9. The number of hydrogen-bond donors (Lipinski definition) is 2. The first-order valence-electron chi connectivity index (χ1n) is 13.7. The Morgan fingerprint density at radius 1 is 1.15 bits per heavy atom. The summed E-state index contributed by atoms with van der Waals surface area (Å²) in [5.74, 6) is 0.732. The SMILES string of the molecule is C=CC(=O)Nc1cc(Nc2nccc(-c3nn(C)c4ccccc34)n2)c(OC)cc1N(C)C12CC(CN(C)C)(C1)C2. The number of fused-ring (bicyclic) bond motifs is 1. The normalized spacial score (nSPS) is 20.7. The van der Waals surface area contributed by atoms with E-state index in [4.69, 9.17) is 14.8 Å². The Hall–Kier alpha value is -4.44. The second-order valence-electron chi connectivity index (χ2n) is 11.7. The molecule has 10 heteroatoms. The number of nitrogens with zero attached hydrogens (tertiary/aromatic N) is 6. The molecule has 212 valence electrons. The first-order valence-corrected chi connectivity index (χ1v) is 13.7. The maximum Gasteiger partial charge on any atom is 0.247 e. The van der Waals surface area contributed by atoms with Crippen LogP contribution in [0, 0.1) is 5.41 Å². The summed E-state index contributed by atoms with van der Waals surface area (Å²) in [6, 6.07) is 13.7. The molecule has 0 radical (unpaired) electrons. The predicted molar refractivity (Wildman–Crippen MR) is 163 cm³/mol. The number of rotatable bonds is 10. The molecular weight excluding hydrogens is 516 g/mol. The summed E-state index contributed by atoms with van der Waals surface area (Å²) in [4.78, 5) is 26.3. The van der Waals surface area contributed by atoms with Gasteiger partial charge in [-0.3, -0.25) is 9.48 Å². The number of methoxy groups -OCH3 is 1. The molecule has 3 aliphatic carbocycles. The predicted octanol–water partition coefficient (Wildman–Crippen LogP) is 4.83. The van der Waals surface area contributed by atoms with E-state index in [9.17, 15) is 4.79 Å². The van der Waals surface area contributed by atoms with E-state index < -0.39 is 0 Å². The van der Waals surface area contributed by atoms with Crippen molar-refractivity contribution in [3.63, 3.8) is 0 Å². The zero-order valence-electron chi connectivity index (χ0n) is 24.2. The standard InChI is InChI=1S/C31H36N8O2/c1-7-27(40)33-22-14-23(26(41-6)15-25(22)38(4)31-16-30(17-31,18-31)19-37(2)3)35-29-32-13-12-21(34-29)28-20-10-8-9-11-24(20)39(5)36-28/h7-15H,1,16-19H2,2-6H3,(H,33,40)(H,32,34,35). The van der Waals surface area contributed by atoms with E-state index in [1.54, 1.807) is 13.3 Å². The smallest absolute Gasteiger partial charge is 0.247 e. The number of aryl methyl sites for hydroxylation is 1. The summed E-state index contributed by atoms with van der Waals surface area (Å²) < 4.78 is 7.67. The molecular formula is C31H36N8O2. The van der Waals surface area contributed by atoms with E-state index in [0.717, 1.165) is 48.1 Å². The highest BCUT2D eigenvalue weighted by atomic mass is 16.5. The maximum absolute atomic E-state index is 12.5. The average molecular weight is 553 g/mol. The Balaban J connectivity index is 1.32. The molecule has 2 bridgehead atoms. The highest BCUT2D eigenvalue weighted by Gasteiger charge is 2.69. The minimum atomic E-state index is -0.280. The summed E-state index contributed by atoms with van der Waals surface area (Å²) in [5.41, 5.74) is 5.19. The molecule has 10 nitrogen and oxygen atoms in total. The van der Waals surface area contributed by atoms with Gasteiger partial charge in [0.25, 0.3) is 0 Å². The van der Waals surface area contributed by atoms with Crippen molar-refractivity contribution in [2.75, 3.05) is 50.3 Å². The van der Waals surface area contributed by atoms with Crippen molar-refractivity contribution in [1.29, 1.82) is 0 Å². The third kappa shape index (κ3) is 4.58. The van der Waals surface area contributed by atoms with Gasteiger partial charge in [0.05, 0.1) is 35.4 Å². The molecule has 1 amide bonds. The van der Waals surface area contributed by atoms with Crippen molar-refractivity contribution in [3.8, 4) is 17.1 Å². The summed E-state index contributed by atoms with van der Waals surface area (Å²) in [6.07, 6.45) is 6.38. The first-order chi connectivity index (χ1) is 19.7. The van der Waals surface area contributed by atoms with Gasteiger partial charge in [-0.25, -0.2) is 9.97 Å². The molecule has 3 fully saturated rings. The highest BCUT2D eigenvalue weighted by Crippen LogP contribution is 2.70. The number of para-hydroxylation sites is 1. The second kappa shape index (κ2) is 9.88. The Morgan fingerprint density at radius 2 is 1.90 bits per heavy atom. The van der Waals surface area contributed by atoms with Gasteiger partial charge >= 0.3 is 0 Å². The molecule has 41 heavy (non-hydrogen) atoms. The van der Waals surface area contributed by atoms with Gasteiger partial charge in [0, 0.05) is 43.8 Å². The second-order valence-corrected chi connectivity index (χ2v) is 11.7. The summed E-state index contributed by atoms with van der Waals surface area (Å²) >= 11 is 0. The van der Waals surface area contributed by atoms with Gasteiger partial charge in [0.1, 0.15) is 11.4 Å². The molecule has 2 aromatic carbocycles. The number of amides is 1. The van der Waals surface area contributed by atoms with Gasteiger partial charge in [-0.15, -0.1) is 0 Å². The van der Waals surface area contributed by atoms with Crippen LogP contribution < -0.4 is 20.3 Å². The van der Waals surface area contributed by atoms with Crippen molar-refractivity contribution in [2.24, 2.45) is 12.5 Å². The van der Waals surface area contributed by atoms with Crippen LogP contribution in [0.5, 0.6) is 5.75 Å². The fraction of sp³-hybridized carbons (Fsp3) is 0.355. The van der Waals surface area contributed by atoms with Gasteiger partial charge in [-0.2, -0.15) is 5.10 Å². The molecule has 0 saturated heterocycles. The minimum Gasteiger partial charge on any atom is -0.494 e. The van der Waals surface area contributed by atoms with E-state index >= 15 is 0 Å². The highest BCUT2D eigenvalue weighted by molar-refractivity contribution is 6.02. The number of anilines is 4. The summed E-state index contributed by atoms with van der Waals surface area (Å²) in [6.45, 7) is 4.74. The lowest BCUT2D eigenvalue weighted by molar-refractivity contribution is -0.143. The van der Waals surface area contributed by atoms with Crippen LogP contribution in [0.4, 0.5) is 23.0 Å². The van der Waals surface area contributed by atoms with Crippen molar-refractivity contribution in [1.82, 2.24) is 24.6 Å². The lowest BCUT2D eigenvalue weighted by Gasteiger charge is -2.74. The summed E-state index contributed by atoms with van der Waals surface area (Å²) in [7, 11) is 9.93. The first kappa shape index (κ1) is 26.8. The van der Waals surface area contributed by atoms with E-state index in [2.05, 4.69) is 53.1 Å². The topological polar surface area (TPSA) is 100 Å². The lowest BCUT2D eigenvalue weighted by atomic mass is 9.38. The molecule has 0 spiro atoms. The van der Waals surface area contributed by atoms with E-state index in [0.29, 0.717) is 34.2 Å². The Morgan fingerprint density at radius 3 is 2.61 bits per heavy atom. The Kier molecular flexibility index (Phi) is 6.45. The van der Waals surface area contributed by atoms with Crippen LogP contribution >= 0.6 is 0 Å². The maximum atomic E-state index is 12.5. The lowest BCUT2D eigenvalue weighted by Crippen LogP contribution is -2.76. The molecule has 7 rings (SSSR count). The Bertz CT molecular complexity index is 1640. The van der Waals surface area contributed by atoms with Crippen LogP contribution in [0.1, 0.15) is 19.3 Å². The van der Waals surface area contributed by atoms with Crippen LogP contribution in [-0.4, -0.2) is 70.9 Å². The zero-order valence-corrected chi connectivity index (χ0v) is 24.2. The van der Waals surface area contributed by atoms with Gasteiger partial charge in [-0.1, -0.05) is 24.8 Å². The molecule has 0 aliphatic heterocycles. The number of nitrogens with one attached hydrogen (secondary N) is 2. The molecule has 3 aliphatic rings. The number of ether oxygens (including phenoxy) is 1. The molecule has 2 aromatic heterocycles. The van der Waals surface area contributed by atoms with E-state index in [-0.39, 0.29) is 11.4 Å². The molecule has 4 aromatic rings. The molecule has 0 unspecified atom stereocenters. The number of aromatic nitrogens is 4. The van der Waals surface area contributed by atoms with Gasteiger partial charge in [0.15, 0.2) is 0 Å². The average Bonchev–Trinajstić information content (AvgIpc) is 3.26. The quantitative estimate of drug-likeness (QED) is 0.270. The van der Waals surface area contributed by atoms with Gasteiger partial charge < -0.3 is 25.2 Å². The van der Waals surface area contributed by atoms with E-state index in [1.807, 2.05) is 54.2 Å². The molecule has 0 atom stereocenters. The third-order valence-electron chi connectivity index (χ3n) is 8.50. The van der Waals surface area contributed by atoms with Crippen molar-refractivity contribution in [2.45, 2.75) is 24.8 Å². The number of hydrogen-bond acceptors (Lipinski definition) is 8. The number of carbonyl (C=O) groups excluding carboxylic acids is 1. The largest absolute Gasteiger partial charge is 0.494 e. The Labute approximate surface area is 240 Å². The van der Waals surface area contributed by atoms with Crippen molar-refractivity contribution < 1.29 is 9.53 Å². The van der Waals surface area contributed by atoms with E-state index in [1.165, 1.54) is 6.08 Å². The van der Waals surface area contributed by atoms with Crippen LogP contribution in [0.25, 0.3) is 22.3 Å². The number of carbonyl (C=O) groups is 1. The minimum absolute atomic E-state index is 0.0898. The molecule has 2 heterocycles. The molecule has 2 N–H and O–H groups in total. The fourth-order valence-electron chi connectivity index (χ4n) is 6.86. The monoisotopic (exact) mass is 552 g/mol. The van der Waals surface area contributed by atoms with Gasteiger partial charge in [0.2, 0.25) is 11.9 Å². The fourth-order valence-corrected chi connectivity index (χ4v) is 6.86. The van der Waals surface area contributed by atoms with Crippen molar-refractivity contribution in [3.05, 3.63) is 61.3 Å². The third-order valence-corrected chi connectivity index (χ3v) is 8.50.